The number of hydrogen-bond donors (Lipinski definition) is 0. The molecule has 4 atom stereocenters. The van der Waals surface area contributed by atoms with Gasteiger partial charge in [0.15, 0.2) is 0 Å². The van der Waals surface area contributed by atoms with Gasteiger partial charge in [-0.25, -0.2) is 0 Å². The molecule has 0 bridgehead atoms. The van der Waals surface area contributed by atoms with Gasteiger partial charge in [-0.15, -0.1) is 0 Å². The van der Waals surface area contributed by atoms with E-state index in [4.69, 9.17) is 0 Å². The molecule has 0 spiro atoms. The lowest BCUT2D eigenvalue weighted by Gasteiger charge is -2.32. The summed E-state index contributed by atoms with van der Waals surface area (Å²) in [6.07, 6.45) is 0. The lowest BCUT2D eigenvalue weighted by Crippen LogP contribution is -2.32. The van der Waals surface area contributed by atoms with Gasteiger partial charge in [-0.3, -0.25) is 0 Å². The summed E-state index contributed by atoms with van der Waals surface area (Å²) in [5.41, 5.74) is 0.478. The Morgan fingerprint density at radius 2 is 0.690 bits per heavy atom. The first-order valence-electron chi connectivity index (χ1n) is 9.75. The van der Waals surface area contributed by atoms with Crippen molar-refractivity contribution in [2.75, 3.05) is 69.0 Å². The predicted molar refractivity (Wildman–Crippen MR) is 167 cm³/mol. The second kappa shape index (κ2) is 14.7. The van der Waals surface area contributed by atoms with Gasteiger partial charge in [0.2, 0.25) is 0 Å². The normalized spacial score (nSPS) is 31.4. The summed E-state index contributed by atoms with van der Waals surface area (Å²) in [5.74, 6) is 16.4. The van der Waals surface area contributed by atoms with E-state index in [1.54, 1.807) is 0 Å². The van der Waals surface area contributed by atoms with Crippen LogP contribution in [0.3, 0.4) is 0 Å². The first kappa shape index (κ1) is 26.3. The minimum Gasteiger partial charge on any atom is -0.156 e. The van der Waals surface area contributed by atoms with Crippen molar-refractivity contribution < 1.29 is 0 Å². The fourth-order valence-corrected chi connectivity index (χ4v) is 19.0. The van der Waals surface area contributed by atoms with E-state index in [-0.39, 0.29) is 0 Å². The van der Waals surface area contributed by atoms with Crippen molar-refractivity contribution in [1.82, 2.24) is 0 Å². The van der Waals surface area contributed by atoms with Crippen molar-refractivity contribution in [2.24, 2.45) is 5.41 Å². The summed E-state index contributed by atoms with van der Waals surface area (Å²) in [4.78, 5) is 0. The van der Waals surface area contributed by atoms with Gasteiger partial charge in [-0.2, -0.15) is 47.0 Å². The Labute approximate surface area is 226 Å². The molecule has 0 saturated carbocycles. The molecule has 0 aliphatic carbocycles. The smallest absolute Gasteiger partial charge is 0.0237 e. The maximum absolute atomic E-state index is 2.18. The van der Waals surface area contributed by atoms with Gasteiger partial charge >= 0.3 is 0 Å². The molecule has 0 radical (unpaired) electrons. The van der Waals surface area contributed by atoms with Crippen molar-refractivity contribution in [2.45, 2.75) is 21.0 Å². The molecule has 29 heavy (non-hydrogen) atoms. The van der Waals surface area contributed by atoms with Gasteiger partial charge in [-0.05, 0) is 0 Å². The fourth-order valence-electron chi connectivity index (χ4n) is 2.07. The van der Waals surface area contributed by atoms with Crippen LogP contribution in [-0.4, -0.2) is 90.0 Å². The largest absolute Gasteiger partial charge is 0.156 e. The Balaban J connectivity index is 1.22. The van der Waals surface area contributed by atoms with Crippen LogP contribution in [0.1, 0.15) is 0 Å². The first-order chi connectivity index (χ1) is 14.3. The zero-order valence-corrected chi connectivity index (χ0v) is 26.0. The van der Waals surface area contributed by atoms with Gasteiger partial charge in [0.1, 0.15) is 0 Å². The molecule has 4 saturated heterocycles. The van der Waals surface area contributed by atoms with Crippen molar-refractivity contribution in [3.8, 4) is 0 Å². The average Bonchev–Trinajstić information content (AvgIpc) is 3.57. The molecular weight excluding hydrogens is 589 g/mol. The van der Waals surface area contributed by atoms with E-state index in [0.29, 0.717) is 5.41 Å². The lowest BCUT2D eigenvalue weighted by atomic mass is 9.99. The quantitative estimate of drug-likeness (QED) is 0.0740. The maximum atomic E-state index is 2.18. The molecule has 4 aliphatic heterocycles. The molecule has 4 rings (SSSR count). The van der Waals surface area contributed by atoms with Gasteiger partial charge in [0.25, 0.3) is 0 Å². The lowest BCUT2D eigenvalue weighted by molar-refractivity contribution is 0.520. The number of thioether (sulfide) groups is 4. The highest BCUT2D eigenvalue weighted by molar-refractivity contribution is 8.78. The van der Waals surface area contributed by atoms with Gasteiger partial charge in [0, 0.05) is 95.4 Å². The Morgan fingerprint density at radius 3 is 0.897 bits per heavy atom. The van der Waals surface area contributed by atoms with Gasteiger partial charge in [0.05, 0.1) is 0 Å². The van der Waals surface area contributed by atoms with E-state index in [1.807, 2.05) is 0 Å². The fraction of sp³-hybridized carbons (Fsp3) is 1.00. The minimum absolute atomic E-state index is 0.478. The Kier molecular flexibility index (Phi) is 13.3. The van der Waals surface area contributed by atoms with E-state index in [0.717, 1.165) is 21.0 Å². The summed E-state index contributed by atoms with van der Waals surface area (Å²) in [6.45, 7) is 0. The van der Waals surface area contributed by atoms with Crippen LogP contribution in [0.15, 0.2) is 0 Å². The summed E-state index contributed by atoms with van der Waals surface area (Å²) in [6, 6.07) is 0. The van der Waals surface area contributed by atoms with Crippen LogP contribution in [0.5, 0.6) is 0 Å². The van der Waals surface area contributed by atoms with Crippen LogP contribution in [-0.2, 0) is 0 Å². The second-order valence-corrected chi connectivity index (χ2v) is 22.9. The monoisotopic (exact) mass is 616 g/mol. The molecule has 0 nitrogen and oxygen atoms in total. The summed E-state index contributed by atoms with van der Waals surface area (Å²) < 4.78 is 0. The standard InChI is InChI=1S/C17H28S12/c1-13(18-1)5-22-26-9-17(10-27-23-6-14-2-19-14,11-28-24-7-15-3-20-15)12-29-25-8-16-4-21-16/h13-16H,1-12H2. The Hall–Kier alpha value is 4.20. The Bertz CT molecular complexity index is 378. The molecule has 0 aromatic heterocycles. The van der Waals surface area contributed by atoms with Crippen LogP contribution in [0.25, 0.3) is 0 Å². The molecule has 0 amide bonds. The molecular formula is C17H28S12. The third-order valence-electron chi connectivity index (χ3n) is 4.42. The van der Waals surface area contributed by atoms with E-state index in [1.165, 1.54) is 69.0 Å². The molecule has 0 aromatic carbocycles. The highest BCUT2D eigenvalue weighted by Crippen LogP contribution is 2.48. The number of rotatable bonds is 20. The summed E-state index contributed by atoms with van der Waals surface area (Å²) in [5, 5.41) is 3.85. The van der Waals surface area contributed by atoms with Crippen LogP contribution >= 0.6 is 133 Å². The molecule has 0 aromatic rings. The van der Waals surface area contributed by atoms with Gasteiger partial charge in [-0.1, -0.05) is 86.4 Å². The van der Waals surface area contributed by atoms with Crippen LogP contribution in [0, 0.1) is 5.41 Å². The third kappa shape index (κ3) is 12.6. The van der Waals surface area contributed by atoms with Crippen molar-refractivity contribution >= 4 is 133 Å². The van der Waals surface area contributed by atoms with Crippen molar-refractivity contribution in [1.29, 1.82) is 0 Å². The molecule has 4 unspecified atom stereocenters. The van der Waals surface area contributed by atoms with Gasteiger partial charge < -0.3 is 0 Å². The topological polar surface area (TPSA) is 0 Å². The van der Waals surface area contributed by atoms with E-state index in [9.17, 15) is 0 Å². The van der Waals surface area contributed by atoms with E-state index < -0.39 is 0 Å². The third-order valence-corrected chi connectivity index (χ3v) is 19.9. The van der Waals surface area contributed by atoms with E-state index in [2.05, 4.69) is 133 Å². The number of hydrogen-bond acceptors (Lipinski definition) is 12. The Morgan fingerprint density at radius 1 is 0.448 bits per heavy atom. The second-order valence-electron chi connectivity index (χ2n) is 7.51. The molecule has 4 fully saturated rings. The summed E-state index contributed by atoms with van der Waals surface area (Å²) >= 11 is 8.56. The molecule has 0 N–H and O–H groups in total. The first-order valence-corrected chi connectivity index (χ1v) is 23.9. The minimum atomic E-state index is 0.478. The predicted octanol–water partition coefficient (Wildman–Crippen LogP) is 7.96. The molecule has 168 valence electrons. The maximum Gasteiger partial charge on any atom is 0.0237 e. The molecule has 4 heterocycles. The highest BCUT2D eigenvalue weighted by atomic mass is 33.1. The van der Waals surface area contributed by atoms with E-state index >= 15 is 0 Å². The highest BCUT2D eigenvalue weighted by Gasteiger charge is 2.33. The van der Waals surface area contributed by atoms with Crippen molar-refractivity contribution in [3.05, 3.63) is 0 Å². The zero-order valence-electron chi connectivity index (χ0n) is 16.2. The molecule has 12 heteroatoms. The summed E-state index contributed by atoms with van der Waals surface area (Å²) in [7, 11) is 17.3. The van der Waals surface area contributed by atoms with Crippen LogP contribution in [0.2, 0.25) is 0 Å². The molecule has 4 aliphatic rings. The van der Waals surface area contributed by atoms with Crippen LogP contribution in [0.4, 0.5) is 0 Å². The van der Waals surface area contributed by atoms with Crippen molar-refractivity contribution in [3.63, 3.8) is 0 Å². The zero-order chi connectivity index (χ0) is 19.8. The SMILES string of the molecule is C(SSCC(CSSCC1CS1)(CSSCC1CS1)CSSCC1CS1)C1CS1. The average molecular weight is 617 g/mol. The van der Waals surface area contributed by atoms with Crippen LogP contribution < -0.4 is 0 Å².